The molecule has 1 fully saturated rings. The molecule has 0 radical (unpaired) electrons. The molecule has 2 rings (SSSR count). The predicted molar refractivity (Wildman–Crippen MR) is 99.4 cm³/mol. The van der Waals surface area contributed by atoms with E-state index in [1.165, 1.54) is 16.6 Å². The third-order valence-electron chi connectivity index (χ3n) is 4.24. The first kappa shape index (κ1) is 21.1. The van der Waals surface area contributed by atoms with Crippen LogP contribution in [-0.4, -0.2) is 56.0 Å². The Morgan fingerprint density at radius 1 is 1.42 bits per heavy atom. The van der Waals surface area contributed by atoms with Crippen LogP contribution in [0, 0.1) is 5.92 Å². The number of carbonyl (C=O) groups is 1. The van der Waals surface area contributed by atoms with Gasteiger partial charge in [0.25, 0.3) is 0 Å². The van der Waals surface area contributed by atoms with E-state index >= 15 is 0 Å². The highest BCUT2D eigenvalue weighted by Crippen LogP contribution is 2.26. The zero-order valence-electron chi connectivity index (χ0n) is 15.2. The van der Waals surface area contributed by atoms with Gasteiger partial charge in [0.1, 0.15) is 10.0 Å². The number of nitrogens with one attached hydrogen (secondary N) is 1. The maximum Gasteiger partial charge on any atom is 0.246 e. The van der Waals surface area contributed by atoms with E-state index in [0.717, 1.165) is 6.42 Å². The monoisotopic (exact) mass is 403 g/mol. The Kier molecular flexibility index (Phi) is 7.82. The fourth-order valence-electron chi connectivity index (χ4n) is 2.81. The highest BCUT2D eigenvalue weighted by Gasteiger charge is 2.33. The number of aromatic nitrogens is 1. The second kappa shape index (κ2) is 9.64. The first-order valence-corrected chi connectivity index (χ1v) is 10.6. The molecule has 146 valence electrons. The van der Waals surface area contributed by atoms with Gasteiger partial charge in [-0.2, -0.15) is 4.31 Å². The Bertz CT molecular complexity index is 704. The number of hydrogen-bond donors (Lipinski definition) is 1. The average Bonchev–Trinajstić information content (AvgIpc) is 2.61. The van der Waals surface area contributed by atoms with E-state index in [1.807, 2.05) is 13.8 Å². The molecule has 1 aromatic rings. The van der Waals surface area contributed by atoms with Crippen LogP contribution in [0.15, 0.2) is 23.2 Å². The number of halogens is 1. The van der Waals surface area contributed by atoms with Crippen LogP contribution in [-0.2, 0) is 19.6 Å². The van der Waals surface area contributed by atoms with Crippen LogP contribution in [0.3, 0.4) is 0 Å². The summed E-state index contributed by atoms with van der Waals surface area (Å²) in [7, 11) is -3.68. The first-order valence-electron chi connectivity index (χ1n) is 8.82. The van der Waals surface area contributed by atoms with E-state index in [1.54, 1.807) is 6.07 Å². The number of sulfonamides is 1. The number of carbonyl (C=O) groups excluding carboxylic acids is 1. The Hall–Kier alpha value is -1.22. The van der Waals surface area contributed by atoms with E-state index in [9.17, 15) is 13.2 Å². The van der Waals surface area contributed by atoms with E-state index in [4.69, 9.17) is 16.3 Å². The predicted octanol–water partition coefficient (Wildman–Crippen LogP) is 2.07. The first-order chi connectivity index (χ1) is 12.3. The minimum atomic E-state index is -3.68. The third kappa shape index (κ3) is 5.64. The lowest BCUT2D eigenvalue weighted by molar-refractivity contribution is -0.126. The Morgan fingerprint density at radius 2 is 2.12 bits per heavy atom. The van der Waals surface area contributed by atoms with Gasteiger partial charge in [-0.05, 0) is 45.2 Å². The molecule has 7 nitrogen and oxygen atoms in total. The van der Waals surface area contributed by atoms with E-state index < -0.39 is 10.0 Å². The molecule has 1 aliphatic heterocycles. The van der Waals surface area contributed by atoms with Gasteiger partial charge in [-0.3, -0.25) is 4.79 Å². The van der Waals surface area contributed by atoms with Crippen molar-refractivity contribution >= 4 is 27.5 Å². The van der Waals surface area contributed by atoms with Gasteiger partial charge in [0.15, 0.2) is 0 Å². The smallest absolute Gasteiger partial charge is 0.246 e. The van der Waals surface area contributed by atoms with Gasteiger partial charge in [-0.25, -0.2) is 13.4 Å². The van der Waals surface area contributed by atoms with Crippen LogP contribution in [0.25, 0.3) is 0 Å². The summed E-state index contributed by atoms with van der Waals surface area (Å²) < 4.78 is 32.1. The van der Waals surface area contributed by atoms with Gasteiger partial charge in [-0.15, -0.1) is 0 Å². The lowest BCUT2D eigenvalue weighted by Crippen LogP contribution is -2.43. The second-order valence-corrected chi connectivity index (χ2v) is 8.80. The molecule has 0 spiro atoms. The van der Waals surface area contributed by atoms with Crippen LogP contribution in [0.4, 0.5) is 0 Å². The number of amides is 1. The number of ether oxygens (including phenoxy) is 1. The summed E-state index contributed by atoms with van der Waals surface area (Å²) in [5.41, 5.74) is 0. The normalized spacial score (nSPS) is 16.8. The van der Waals surface area contributed by atoms with Gasteiger partial charge in [0.05, 0.1) is 6.10 Å². The zero-order valence-corrected chi connectivity index (χ0v) is 16.7. The Morgan fingerprint density at radius 3 is 2.73 bits per heavy atom. The van der Waals surface area contributed by atoms with Crippen molar-refractivity contribution in [2.75, 3.05) is 26.2 Å². The highest BCUT2D eigenvalue weighted by molar-refractivity contribution is 7.89. The summed E-state index contributed by atoms with van der Waals surface area (Å²) in [6.45, 7) is 5.71. The molecule has 0 unspecified atom stereocenters. The van der Waals surface area contributed by atoms with Crippen molar-refractivity contribution < 1.29 is 17.9 Å². The summed E-state index contributed by atoms with van der Waals surface area (Å²) >= 11 is 5.92. The summed E-state index contributed by atoms with van der Waals surface area (Å²) in [6.07, 6.45) is 3.38. The Balaban J connectivity index is 1.81. The van der Waals surface area contributed by atoms with Crippen molar-refractivity contribution in [1.29, 1.82) is 0 Å². The quantitative estimate of drug-likeness (QED) is 0.530. The minimum absolute atomic E-state index is 0.00900. The van der Waals surface area contributed by atoms with Gasteiger partial charge in [-0.1, -0.05) is 11.6 Å². The molecule has 1 N–H and O–H groups in total. The van der Waals surface area contributed by atoms with Crippen molar-refractivity contribution in [3.05, 3.63) is 23.5 Å². The van der Waals surface area contributed by atoms with Crippen LogP contribution in [0.5, 0.6) is 0 Å². The highest BCUT2D eigenvalue weighted by atomic mass is 35.5. The van der Waals surface area contributed by atoms with Crippen LogP contribution in [0.1, 0.15) is 33.1 Å². The molecular weight excluding hydrogens is 378 g/mol. The van der Waals surface area contributed by atoms with Crippen LogP contribution < -0.4 is 5.32 Å². The van der Waals surface area contributed by atoms with E-state index in [0.29, 0.717) is 39.1 Å². The van der Waals surface area contributed by atoms with Crippen molar-refractivity contribution in [3.8, 4) is 0 Å². The van der Waals surface area contributed by atoms with Gasteiger partial charge in [0.2, 0.25) is 15.9 Å². The van der Waals surface area contributed by atoms with Gasteiger partial charge < -0.3 is 10.1 Å². The molecule has 2 heterocycles. The Labute approximate surface area is 160 Å². The summed E-state index contributed by atoms with van der Waals surface area (Å²) in [5.74, 6) is -0.192. The molecule has 1 saturated heterocycles. The number of pyridine rings is 1. The molecule has 0 aromatic carbocycles. The van der Waals surface area contributed by atoms with Gasteiger partial charge in [0, 0.05) is 38.4 Å². The molecular formula is C17H26ClN3O4S. The molecule has 1 aliphatic rings. The van der Waals surface area contributed by atoms with Crippen LogP contribution >= 0.6 is 11.6 Å². The SMILES string of the molecule is CC(C)OCCCNC(=O)C1CCN(S(=O)(=O)c2cccnc2Cl)CC1. The van der Waals surface area contributed by atoms with Crippen molar-refractivity contribution in [2.45, 2.75) is 44.1 Å². The fraction of sp³-hybridized carbons (Fsp3) is 0.647. The molecule has 0 bridgehead atoms. The second-order valence-electron chi connectivity index (χ2n) is 6.53. The summed E-state index contributed by atoms with van der Waals surface area (Å²) in [6, 6.07) is 2.99. The van der Waals surface area contributed by atoms with E-state index in [-0.39, 0.29) is 28.0 Å². The maximum atomic E-state index is 12.7. The molecule has 1 aromatic heterocycles. The van der Waals surface area contributed by atoms with Crippen molar-refractivity contribution in [3.63, 3.8) is 0 Å². The molecule has 0 aliphatic carbocycles. The van der Waals surface area contributed by atoms with Gasteiger partial charge >= 0.3 is 0 Å². The standard InChI is InChI=1S/C17H26ClN3O4S/c1-13(2)25-12-4-9-20-17(22)14-6-10-21(11-7-14)26(23,24)15-5-3-8-19-16(15)18/h3,5,8,13-14H,4,6-7,9-12H2,1-2H3,(H,20,22). The molecule has 1 amide bonds. The number of nitrogens with zero attached hydrogens (tertiary/aromatic N) is 2. The lowest BCUT2D eigenvalue weighted by Gasteiger charge is -2.30. The number of rotatable bonds is 8. The molecule has 9 heteroatoms. The summed E-state index contributed by atoms with van der Waals surface area (Å²) in [4.78, 5) is 16.1. The molecule has 0 saturated carbocycles. The third-order valence-corrected chi connectivity index (χ3v) is 6.58. The molecule has 26 heavy (non-hydrogen) atoms. The maximum absolute atomic E-state index is 12.7. The van der Waals surface area contributed by atoms with Crippen LogP contribution in [0.2, 0.25) is 5.15 Å². The number of hydrogen-bond acceptors (Lipinski definition) is 5. The molecule has 0 atom stereocenters. The topological polar surface area (TPSA) is 88.6 Å². The van der Waals surface area contributed by atoms with E-state index in [2.05, 4.69) is 10.3 Å². The summed E-state index contributed by atoms with van der Waals surface area (Å²) in [5, 5.41) is 2.87. The average molecular weight is 404 g/mol. The largest absolute Gasteiger partial charge is 0.379 e. The lowest BCUT2D eigenvalue weighted by atomic mass is 9.97. The number of piperidine rings is 1. The fourth-order valence-corrected chi connectivity index (χ4v) is 4.71. The van der Waals surface area contributed by atoms with Crippen molar-refractivity contribution in [2.24, 2.45) is 5.92 Å². The zero-order chi connectivity index (χ0) is 19.2. The van der Waals surface area contributed by atoms with Crippen molar-refractivity contribution in [1.82, 2.24) is 14.6 Å². The minimum Gasteiger partial charge on any atom is -0.379 e.